The maximum Gasteiger partial charge on any atom is 0.333 e. The Bertz CT molecular complexity index is 136. The molecule has 0 saturated heterocycles. The van der Waals surface area contributed by atoms with Crippen molar-refractivity contribution < 1.29 is 14.3 Å². The normalized spacial score (nSPS) is 10.9. The second-order valence-electron chi connectivity index (χ2n) is 1.47. The molecular formula is C6H9ClO3. The predicted octanol–water partition coefficient (Wildman–Crippen LogP) is 0.928. The zero-order valence-electron chi connectivity index (χ0n) is 5.89. The molecule has 0 aromatic heterocycles. The lowest BCUT2D eigenvalue weighted by atomic mass is 10.5. The lowest BCUT2D eigenvalue weighted by Gasteiger charge is -1.98. The van der Waals surface area contributed by atoms with Gasteiger partial charge in [-0.1, -0.05) is 0 Å². The maximum atomic E-state index is 10.5. The van der Waals surface area contributed by atoms with Crippen LogP contribution in [0.4, 0.5) is 0 Å². The van der Waals surface area contributed by atoms with Crippen molar-refractivity contribution in [1.82, 2.24) is 0 Å². The molecule has 0 aliphatic heterocycles. The first-order chi connectivity index (χ1) is 4.74. The SMILES string of the molecule is COC(=O)C=C(CCl)OC. The standard InChI is InChI=1S/C6H9ClO3/c1-9-5(4-7)3-6(8)10-2/h3H,4H2,1-2H3. The summed E-state index contributed by atoms with van der Waals surface area (Å²) in [5, 5.41) is 0. The van der Waals surface area contributed by atoms with E-state index in [1.54, 1.807) is 0 Å². The van der Waals surface area contributed by atoms with Crippen LogP contribution in [0.25, 0.3) is 0 Å². The van der Waals surface area contributed by atoms with Gasteiger partial charge in [-0.2, -0.15) is 0 Å². The van der Waals surface area contributed by atoms with Crippen molar-refractivity contribution in [2.45, 2.75) is 0 Å². The average Bonchev–Trinajstić information content (AvgIpc) is 1.99. The number of allylic oxidation sites excluding steroid dienone is 1. The van der Waals surface area contributed by atoms with E-state index in [9.17, 15) is 4.79 Å². The van der Waals surface area contributed by atoms with Crippen LogP contribution < -0.4 is 0 Å². The third-order valence-electron chi connectivity index (χ3n) is 0.874. The molecule has 0 rings (SSSR count). The maximum absolute atomic E-state index is 10.5. The monoisotopic (exact) mass is 164 g/mol. The van der Waals surface area contributed by atoms with Gasteiger partial charge in [0, 0.05) is 0 Å². The summed E-state index contributed by atoms with van der Waals surface area (Å²) in [5.41, 5.74) is 0. The van der Waals surface area contributed by atoms with Crippen LogP contribution in [0.2, 0.25) is 0 Å². The Labute approximate surface area is 64.6 Å². The highest BCUT2D eigenvalue weighted by molar-refractivity contribution is 6.19. The second-order valence-corrected chi connectivity index (χ2v) is 1.74. The summed E-state index contributed by atoms with van der Waals surface area (Å²) in [4.78, 5) is 10.5. The Hall–Kier alpha value is -0.700. The van der Waals surface area contributed by atoms with Crippen molar-refractivity contribution in [3.05, 3.63) is 11.8 Å². The highest BCUT2D eigenvalue weighted by atomic mass is 35.5. The van der Waals surface area contributed by atoms with Gasteiger partial charge in [-0.3, -0.25) is 0 Å². The smallest absolute Gasteiger partial charge is 0.333 e. The van der Waals surface area contributed by atoms with Crippen LogP contribution in [0.5, 0.6) is 0 Å². The zero-order valence-corrected chi connectivity index (χ0v) is 6.64. The van der Waals surface area contributed by atoms with Gasteiger partial charge in [0.15, 0.2) is 0 Å². The molecule has 0 saturated carbocycles. The number of ether oxygens (including phenoxy) is 2. The number of esters is 1. The minimum Gasteiger partial charge on any atom is -0.500 e. The van der Waals surface area contributed by atoms with E-state index in [-0.39, 0.29) is 5.88 Å². The molecule has 0 aliphatic rings. The van der Waals surface area contributed by atoms with E-state index in [1.807, 2.05) is 0 Å². The first-order valence-corrected chi connectivity index (χ1v) is 3.16. The zero-order chi connectivity index (χ0) is 7.98. The molecule has 58 valence electrons. The summed E-state index contributed by atoms with van der Waals surface area (Å²) in [7, 11) is 2.73. The van der Waals surface area contributed by atoms with Crippen LogP contribution in [-0.2, 0) is 14.3 Å². The van der Waals surface area contributed by atoms with Gasteiger partial charge in [-0.25, -0.2) is 4.79 Å². The fourth-order valence-electron chi connectivity index (χ4n) is 0.342. The molecule has 0 aliphatic carbocycles. The Morgan fingerprint density at radius 1 is 1.50 bits per heavy atom. The summed E-state index contributed by atoms with van der Waals surface area (Å²) < 4.78 is 9.03. The number of rotatable bonds is 3. The molecule has 0 fully saturated rings. The van der Waals surface area contributed by atoms with E-state index < -0.39 is 5.97 Å². The molecule has 0 heterocycles. The number of hydrogen-bond acceptors (Lipinski definition) is 3. The van der Waals surface area contributed by atoms with Gasteiger partial charge >= 0.3 is 5.97 Å². The first-order valence-electron chi connectivity index (χ1n) is 2.63. The highest BCUT2D eigenvalue weighted by Crippen LogP contribution is 1.97. The lowest BCUT2D eigenvalue weighted by molar-refractivity contribution is -0.135. The number of carbonyl (C=O) groups is 1. The van der Waals surface area contributed by atoms with E-state index in [4.69, 9.17) is 16.3 Å². The number of halogens is 1. The number of carbonyl (C=O) groups excluding carboxylic acids is 1. The largest absolute Gasteiger partial charge is 0.500 e. The summed E-state index contributed by atoms with van der Waals surface area (Å²) >= 11 is 5.37. The van der Waals surface area contributed by atoms with Gasteiger partial charge in [0.25, 0.3) is 0 Å². The molecule has 4 heteroatoms. The van der Waals surface area contributed by atoms with Gasteiger partial charge < -0.3 is 9.47 Å². The molecule has 0 unspecified atom stereocenters. The Balaban J connectivity index is 3.96. The molecule has 3 nitrogen and oxygen atoms in total. The van der Waals surface area contributed by atoms with Crippen molar-refractivity contribution in [3.8, 4) is 0 Å². The molecule has 10 heavy (non-hydrogen) atoms. The van der Waals surface area contributed by atoms with E-state index >= 15 is 0 Å². The van der Waals surface area contributed by atoms with Gasteiger partial charge in [0.05, 0.1) is 26.2 Å². The molecule has 0 aromatic rings. The van der Waals surface area contributed by atoms with Crippen LogP contribution >= 0.6 is 11.6 Å². The van der Waals surface area contributed by atoms with Gasteiger partial charge in [-0.15, -0.1) is 11.6 Å². The third-order valence-corrected chi connectivity index (χ3v) is 1.14. The van der Waals surface area contributed by atoms with Crippen LogP contribution in [-0.4, -0.2) is 26.1 Å². The molecular weight excluding hydrogens is 156 g/mol. The van der Waals surface area contributed by atoms with E-state index in [2.05, 4.69) is 4.74 Å². The number of alkyl halides is 1. The van der Waals surface area contributed by atoms with Crippen molar-refractivity contribution in [3.63, 3.8) is 0 Å². The predicted molar refractivity (Wildman–Crippen MR) is 37.8 cm³/mol. The minimum atomic E-state index is -0.461. The van der Waals surface area contributed by atoms with Crippen molar-refractivity contribution >= 4 is 17.6 Å². The molecule has 0 radical (unpaired) electrons. The first kappa shape index (κ1) is 9.30. The number of hydrogen-bond donors (Lipinski definition) is 0. The van der Waals surface area contributed by atoms with Crippen LogP contribution in [0, 0.1) is 0 Å². The van der Waals surface area contributed by atoms with Crippen LogP contribution in [0.3, 0.4) is 0 Å². The fraction of sp³-hybridized carbons (Fsp3) is 0.500. The highest BCUT2D eigenvalue weighted by Gasteiger charge is 1.98. The average molecular weight is 165 g/mol. The van der Waals surface area contributed by atoms with E-state index in [0.717, 1.165) is 0 Å². The Morgan fingerprint density at radius 2 is 2.10 bits per heavy atom. The van der Waals surface area contributed by atoms with Gasteiger partial charge in [0.1, 0.15) is 5.76 Å². The quantitative estimate of drug-likeness (QED) is 0.270. The summed E-state index contributed by atoms with van der Waals surface area (Å²) in [5.74, 6) is 0.108. The second kappa shape index (κ2) is 5.11. The Morgan fingerprint density at radius 3 is 2.40 bits per heavy atom. The van der Waals surface area contributed by atoms with Gasteiger partial charge in [0.2, 0.25) is 0 Å². The summed E-state index contributed by atoms with van der Waals surface area (Å²) in [6.45, 7) is 0. The number of methoxy groups -OCH3 is 2. The van der Waals surface area contributed by atoms with Crippen LogP contribution in [0.1, 0.15) is 0 Å². The molecule has 0 spiro atoms. The Kier molecular flexibility index (Phi) is 4.76. The summed E-state index contributed by atoms with van der Waals surface area (Å²) in [6.07, 6.45) is 1.20. The molecule has 0 amide bonds. The van der Waals surface area contributed by atoms with Crippen molar-refractivity contribution in [2.75, 3.05) is 20.1 Å². The van der Waals surface area contributed by atoms with Gasteiger partial charge in [-0.05, 0) is 0 Å². The minimum absolute atomic E-state index is 0.172. The summed E-state index contributed by atoms with van der Waals surface area (Å²) in [6, 6.07) is 0. The topological polar surface area (TPSA) is 35.5 Å². The van der Waals surface area contributed by atoms with E-state index in [0.29, 0.717) is 5.76 Å². The fourth-order valence-corrected chi connectivity index (χ4v) is 0.529. The van der Waals surface area contributed by atoms with E-state index in [1.165, 1.54) is 20.3 Å². The molecule has 0 N–H and O–H groups in total. The van der Waals surface area contributed by atoms with Crippen molar-refractivity contribution in [2.24, 2.45) is 0 Å². The molecule has 0 aromatic carbocycles. The third kappa shape index (κ3) is 3.35. The molecule has 0 atom stereocenters. The van der Waals surface area contributed by atoms with Crippen LogP contribution in [0.15, 0.2) is 11.8 Å². The lowest BCUT2D eigenvalue weighted by Crippen LogP contribution is -1.99. The molecule has 0 bridgehead atoms. The van der Waals surface area contributed by atoms with Crippen molar-refractivity contribution in [1.29, 1.82) is 0 Å².